The van der Waals surface area contributed by atoms with E-state index < -0.39 is 17.2 Å². The smallest absolute Gasteiger partial charge is 0.341 e. The molecule has 1 saturated heterocycles. The summed E-state index contributed by atoms with van der Waals surface area (Å²) in [4.78, 5) is 32.2. The van der Waals surface area contributed by atoms with Gasteiger partial charge in [-0.15, -0.1) is 0 Å². The van der Waals surface area contributed by atoms with E-state index in [1.54, 1.807) is 4.57 Å². The monoisotopic (exact) mass is 493 g/mol. The fraction of sp³-hybridized carbons (Fsp3) is 0.346. The van der Waals surface area contributed by atoms with E-state index >= 15 is 4.39 Å². The van der Waals surface area contributed by atoms with Crippen LogP contribution in [-0.2, 0) is 11.4 Å². The molecule has 1 aliphatic carbocycles. The van der Waals surface area contributed by atoms with Crippen LogP contribution in [0, 0.1) is 11.7 Å². The number of carboxylic acid groups (broad SMARTS) is 1. The summed E-state index contributed by atoms with van der Waals surface area (Å²) in [5.74, 6) is -1.91. The third-order valence-electron chi connectivity index (χ3n) is 7.23. The lowest BCUT2D eigenvalue weighted by atomic mass is 9.94. The average Bonchev–Trinajstić information content (AvgIpc) is 3.52. The molecule has 1 aromatic heterocycles. The molecule has 3 aromatic rings. The van der Waals surface area contributed by atoms with E-state index in [1.165, 1.54) is 13.3 Å². The largest absolute Gasteiger partial charge is 0.492 e. The van der Waals surface area contributed by atoms with E-state index in [0.29, 0.717) is 18.6 Å². The quantitative estimate of drug-likeness (QED) is 0.543. The van der Waals surface area contributed by atoms with Crippen LogP contribution < -0.4 is 15.1 Å². The molecule has 10 heteroatoms. The lowest BCUT2D eigenvalue weighted by molar-refractivity contribution is 0.0694. The molecule has 2 unspecified atom stereocenters. The minimum atomic E-state index is -1.34. The summed E-state index contributed by atoms with van der Waals surface area (Å²) in [6, 6.07) is 8.56. The number of carboxylic acids is 1. The van der Waals surface area contributed by atoms with Gasteiger partial charge in [0.1, 0.15) is 11.3 Å². The average molecular weight is 493 g/mol. The van der Waals surface area contributed by atoms with Crippen molar-refractivity contribution < 1.29 is 29.0 Å². The number of aliphatic hydroxyl groups is 1. The second-order valence-electron chi connectivity index (χ2n) is 9.44. The maximum atomic E-state index is 15.6. The van der Waals surface area contributed by atoms with Crippen LogP contribution in [0.25, 0.3) is 10.9 Å². The van der Waals surface area contributed by atoms with Crippen LogP contribution in [0.1, 0.15) is 40.4 Å². The molecule has 0 bridgehead atoms. The van der Waals surface area contributed by atoms with Gasteiger partial charge in [0.2, 0.25) is 5.43 Å². The van der Waals surface area contributed by atoms with Gasteiger partial charge in [0.25, 0.3) is 0 Å². The Morgan fingerprint density at radius 1 is 1.25 bits per heavy atom. The van der Waals surface area contributed by atoms with Gasteiger partial charge in [-0.25, -0.2) is 9.18 Å². The van der Waals surface area contributed by atoms with Gasteiger partial charge in [0.05, 0.1) is 42.8 Å². The highest BCUT2D eigenvalue weighted by atomic mass is 19.1. The number of fused-ring (bicyclic) bond motifs is 2. The number of hydrogen-bond acceptors (Lipinski definition) is 7. The summed E-state index contributed by atoms with van der Waals surface area (Å²) >= 11 is 0. The Hall–Kier alpha value is -3.92. The fourth-order valence-electron chi connectivity index (χ4n) is 5.29. The normalized spacial score (nSPS) is 20.9. The number of hydrogen-bond donors (Lipinski definition) is 2. The summed E-state index contributed by atoms with van der Waals surface area (Å²) in [6.07, 6.45) is 2.74. The van der Waals surface area contributed by atoms with Gasteiger partial charge in [0, 0.05) is 18.8 Å². The number of methoxy groups -OCH3 is 1. The Morgan fingerprint density at radius 3 is 2.64 bits per heavy atom. The first-order valence-corrected chi connectivity index (χ1v) is 11.8. The number of ether oxygens (including phenoxy) is 1. The number of pyridine rings is 1. The van der Waals surface area contributed by atoms with Crippen molar-refractivity contribution in [3.8, 4) is 5.75 Å². The molecule has 2 N–H and O–H groups in total. The highest BCUT2D eigenvalue weighted by molar-refractivity contribution is 6.04. The van der Waals surface area contributed by atoms with E-state index in [-0.39, 0.29) is 47.1 Å². The van der Waals surface area contributed by atoms with Crippen molar-refractivity contribution in [1.82, 2.24) is 4.57 Å². The number of oxime groups is 1. The predicted octanol–water partition coefficient (Wildman–Crippen LogP) is 2.91. The number of rotatable bonds is 6. The summed E-state index contributed by atoms with van der Waals surface area (Å²) in [6.45, 7) is 0.737. The van der Waals surface area contributed by atoms with Crippen LogP contribution in [0.15, 0.2) is 46.5 Å². The van der Waals surface area contributed by atoms with Crippen molar-refractivity contribution >= 4 is 28.3 Å². The number of carbonyl (C=O) groups is 1. The molecular weight excluding hydrogens is 469 g/mol. The van der Waals surface area contributed by atoms with Crippen molar-refractivity contribution in [2.45, 2.75) is 31.6 Å². The standard InChI is InChI=1S/C26H24FN3O6/c1-35-25-22-16(24(32)18(26(33)34)10-30(22)15-6-7-15)8-19(27)23(25)29-9-17-20(11-29)36-28-21(17)14-4-2-13(12-31)3-5-14/h2-5,8,10,15,17,20,31H,6-7,9,11-12H2,1H3,(H,33,34). The summed E-state index contributed by atoms with van der Waals surface area (Å²) in [5, 5.41) is 23.1. The van der Waals surface area contributed by atoms with Gasteiger partial charge in [-0.2, -0.15) is 0 Å². The molecule has 0 radical (unpaired) electrons. The van der Waals surface area contributed by atoms with Crippen LogP contribution in [0.2, 0.25) is 0 Å². The summed E-state index contributed by atoms with van der Waals surface area (Å²) in [5.41, 5.74) is 1.91. The van der Waals surface area contributed by atoms with Crippen molar-refractivity contribution in [3.05, 3.63) is 69.3 Å². The van der Waals surface area contributed by atoms with Crippen LogP contribution in [0.3, 0.4) is 0 Å². The molecule has 2 aromatic carbocycles. The highest BCUT2D eigenvalue weighted by Crippen LogP contribution is 2.45. The Kier molecular flexibility index (Phi) is 5.22. The molecule has 6 rings (SSSR count). The van der Waals surface area contributed by atoms with Gasteiger partial charge < -0.3 is 29.3 Å². The summed E-state index contributed by atoms with van der Waals surface area (Å²) < 4.78 is 23.1. The Morgan fingerprint density at radius 2 is 2.00 bits per heavy atom. The molecule has 3 heterocycles. The first-order valence-electron chi connectivity index (χ1n) is 11.8. The number of benzene rings is 2. The van der Waals surface area contributed by atoms with E-state index in [0.717, 1.165) is 35.7 Å². The fourth-order valence-corrected chi connectivity index (χ4v) is 5.29. The zero-order valence-corrected chi connectivity index (χ0v) is 19.5. The van der Waals surface area contributed by atoms with Gasteiger partial charge in [-0.05, 0) is 30.0 Å². The van der Waals surface area contributed by atoms with Crippen LogP contribution >= 0.6 is 0 Å². The highest BCUT2D eigenvalue weighted by Gasteiger charge is 2.44. The maximum Gasteiger partial charge on any atom is 0.341 e. The number of halogens is 1. The van der Waals surface area contributed by atoms with Crippen molar-refractivity contribution in [2.24, 2.45) is 11.1 Å². The second kappa shape index (κ2) is 8.34. The lowest BCUT2D eigenvalue weighted by Gasteiger charge is -2.25. The summed E-state index contributed by atoms with van der Waals surface area (Å²) in [7, 11) is 1.42. The molecular formula is C26H24FN3O6. The van der Waals surface area contributed by atoms with Gasteiger partial charge in [0.15, 0.2) is 17.7 Å². The molecule has 9 nitrogen and oxygen atoms in total. The topological polar surface area (TPSA) is 114 Å². The molecule has 0 amide bonds. The SMILES string of the molecule is COc1c(N2CC3ON=C(c4ccc(CO)cc4)C3C2)c(F)cc2c(=O)c(C(=O)O)cn(C3CC3)c12. The van der Waals surface area contributed by atoms with Gasteiger partial charge in [-0.3, -0.25) is 4.79 Å². The van der Waals surface area contributed by atoms with E-state index in [1.807, 2.05) is 29.2 Å². The van der Waals surface area contributed by atoms with Crippen molar-refractivity contribution in [1.29, 1.82) is 0 Å². The molecule has 2 atom stereocenters. The maximum absolute atomic E-state index is 15.6. The van der Waals surface area contributed by atoms with E-state index in [4.69, 9.17) is 9.57 Å². The molecule has 36 heavy (non-hydrogen) atoms. The number of aromatic carboxylic acids is 1. The minimum absolute atomic E-state index is 0.0123. The van der Waals surface area contributed by atoms with Crippen LogP contribution in [-0.4, -0.2) is 52.8 Å². The third kappa shape index (κ3) is 3.43. The number of nitrogens with zero attached hydrogens (tertiary/aromatic N) is 3. The number of aromatic nitrogens is 1. The van der Waals surface area contributed by atoms with Crippen LogP contribution in [0.5, 0.6) is 5.75 Å². The first kappa shape index (κ1) is 22.5. The molecule has 2 fully saturated rings. The van der Waals surface area contributed by atoms with Gasteiger partial charge in [-0.1, -0.05) is 29.4 Å². The first-order chi connectivity index (χ1) is 17.4. The zero-order chi connectivity index (χ0) is 25.1. The van der Waals surface area contributed by atoms with E-state index in [2.05, 4.69) is 5.16 Å². The molecule has 0 spiro atoms. The lowest BCUT2D eigenvalue weighted by Crippen LogP contribution is -2.26. The predicted molar refractivity (Wildman–Crippen MR) is 129 cm³/mol. The Labute approximate surface area is 205 Å². The van der Waals surface area contributed by atoms with Gasteiger partial charge >= 0.3 is 5.97 Å². The second-order valence-corrected chi connectivity index (χ2v) is 9.44. The van der Waals surface area contributed by atoms with Crippen LogP contribution in [0.4, 0.5) is 10.1 Å². The van der Waals surface area contributed by atoms with Crippen molar-refractivity contribution in [2.75, 3.05) is 25.1 Å². The third-order valence-corrected chi connectivity index (χ3v) is 7.23. The van der Waals surface area contributed by atoms with E-state index in [9.17, 15) is 19.8 Å². The Bertz CT molecular complexity index is 1480. The Balaban J connectivity index is 1.43. The molecule has 186 valence electrons. The number of anilines is 1. The molecule has 3 aliphatic rings. The molecule has 2 aliphatic heterocycles. The number of aliphatic hydroxyl groups excluding tert-OH is 1. The van der Waals surface area contributed by atoms with Crippen molar-refractivity contribution in [3.63, 3.8) is 0 Å². The molecule has 1 saturated carbocycles. The zero-order valence-electron chi connectivity index (χ0n) is 19.5. The minimum Gasteiger partial charge on any atom is -0.492 e.